The van der Waals surface area contributed by atoms with Crippen LogP contribution in [-0.2, 0) is 10.0 Å². The zero-order chi connectivity index (χ0) is 13.3. The summed E-state index contributed by atoms with van der Waals surface area (Å²) >= 11 is 0. The van der Waals surface area contributed by atoms with Gasteiger partial charge in [0.05, 0.1) is 21.9 Å². The van der Waals surface area contributed by atoms with E-state index in [0.717, 1.165) is 10.4 Å². The van der Waals surface area contributed by atoms with Crippen molar-refractivity contribution in [1.82, 2.24) is 0 Å². The number of anilines is 1. The van der Waals surface area contributed by atoms with E-state index in [1.54, 1.807) is 0 Å². The van der Waals surface area contributed by atoms with Crippen LogP contribution >= 0.6 is 0 Å². The number of hydrogen-bond donors (Lipinski definition) is 0. The van der Waals surface area contributed by atoms with Crippen LogP contribution in [0.4, 0.5) is 11.4 Å². The molecule has 0 saturated carbocycles. The molecule has 0 spiro atoms. The van der Waals surface area contributed by atoms with Gasteiger partial charge in [0.25, 0.3) is 5.69 Å². The van der Waals surface area contributed by atoms with Crippen molar-refractivity contribution in [3.05, 3.63) is 33.9 Å². The lowest BCUT2D eigenvalue weighted by atomic mass is 10.2. The first-order chi connectivity index (χ1) is 8.45. The van der Waals surface area contributed by atoms with E-state index in [0.29, 0.717) is 19.3 Å². The van der Waals surface area contributed by atoms with Crippen molar-refractivity contribution >= 4 is 27.7 Å². The predicted molar refractivity (Wildman–Crippen MR) is 64.2 cm³/mol. The molecule has 0 unspecified atom stereocenters. The van der Waals surface area contributed by atoms with E-state index in [1.165, 1.54) is 12.1 Å². The summed E-state index contributed by atoms with van der Waals surface area (Å²) in [4.78, 5) is 20.7. The number of aldehydes is 1. The molecule has 2 rings (SSSR count). The summed E-state index contributed by atoms with van der Waals surface area (Å²) in [7, 11) is -3.38. The second-order valence-corrected chi connectivity index (χ2v) is 5.87. The highest BCUT2D eigenvalue weighted by Gasteiger charge is 2.29. The number of nitro benzene ring substituents is 1. The van der Waals surface area contributed by atoms with Crippen molar-refractivity contribution < 1.29 is 18.1 Å². The van der Waals surface area contributed by atoms with Gasteiger partial charge in [-0.1, -0.05) is 0 Å². The van der Waals surface area contributed by atoms with Gasteiger partial charge in [0, 0.05) is 12.6 Å². The number of nitrogens with zero attached hydrogens (tertiary/aromatic N) is 2. The van der Waals surface area contributed by atoms with E-state index >= 15 is 0 Å². The van der Waals surface area contributed by atoms with Crippen LogP contribution in [0.1, 0.15) is 16.8 Å². The molecule has 1 aromatic carbocycles. The fourth-order valence-corrected chi connectivity index (χ4v) is 3.43. The minimum Gasteiger partial charge on any atom is -0.298 e. The Morgan fingerprint density at radius 3 is 2.61 bits per heavy atom. The van der Waals surface area contributed by atoms with E-state index < -0.39 is 14.9 Å². The molecule has 0 atom stereocenters. The molecule has 1 aliphatic heterocycles. The SMILES string of the molecule is O=Cc1ccc(N2CCCS2(=O)=O)cc1[N+](=O)[O-]. The molecule has 7 nitrogen and oxygen atoms in total. The number of carbonyl (C=O) groups excluding carboxylic acids is 1. The van der Waals surface area contributed by atoms with Crippen LogP contribution in [-0.4, -0.2) is 31.9 Å². The molecule has 1 aliphatic rings. The molecule has 0 aromatic heterocycles. The summed E-state index contributed by atoms with van der Waals surface area (Å²) in [6.07, 6.45) is 0.867. The molecule has 0 radical (unpaired) electrons. The Morgan fingerprint density at radius 1 is 1.39 bits per heavy atom. The Labute approximate surface area is 103 Å². The first-order valence-electron chi connectivity index (χ1n) is 5.20. The number of nitro groups is 1. The van der Waals surface area contributed by atoms with E-state index in [1.807, 2.05) is 0 Å². The van der Waals surface area contributed by atoms with Crippen LogP contribution in [0.2, 0.25) is 0 Å². The Hall–Kier alpha value is -1.96. The maximum Gasteiger partial charge on any atom is 0.281 e. The fourth-order valence-electron chi connectivity index (χ4n) is 1.87. The molecule has 0 amide bonds. The number of rotatable bonds is 3. The van der Waals surface area contributed by atoms with Crippen molar-refractivity contribution in [3.8, 4) is 0 Å². The largest absolute Gasteiger partial charge is 0.298 e. The topological polar surface area (TPSA) is 97.6 Å². The van der Waals surface area contributed by atoms with Gasteiger partial charge in [0.15, 0.2) is 6.29 Å². The average Bonchev–Trinajstić information content (AvgIpc) is 2.68. The van der Waals surface area contributed by atoms with Crippen LogP contribution in [0.25, 0.3) is 0 Å². The van der Waals surface area contributed by atoms with Crippen molar-refractivity contribution in [3.63, 3.8) is 0 Å². The minimum absolute atomic E-state index is 0.0379. The molecule has 0 bridgehead atoms. The molecule has 0 aliphatic carbocycles. The second kappa shape index (κ2) is 4.37. The van der Waals surface area contributed by atoms with Gasteiger partial charge < -0.3 is 0 Å². The third-order valence-corrected chi connectivity index (χ3v) is 4.59. The maximum absolute atomic E-state index is 11.7. The lowest BCUT2D eigenvalue weighted by Crippen LogP contribution is -2.25. The maximum atomic E-state index is 11.7. The Morgan fingerprint density at radius 2 is 2.11 bits per heavy atom. The molecule has 1 fully saturated rings. The van der Waals surface area contributed by atoms with Crippen molar-refractivity contribution in [1.29, 1.82) is 0 Å². The third kappa shape index (κ3) is 2.06. The molecule has 96 valence electrons. The van der Waals surface area contributed by atoms with E-state index in [4.69, 9.17) is 0 Å². The number of benzene rings is 1. The second-order valence-electron chi connectivity index (χ2n) is 3.86. The van der Waals surface area contributed by atoms with E-state index in [2.05, 4.69) is 0 Å². The molecule has 8 heteroatoms. The monoisotopic (exact) mass is 270 g/mol. The lowest BCUT2D eigenvalue weighted by Gasteiger charge is -2.16. The van der Waals surface area contributed by atoms with Gasteiger partial charge in [-0.05, 0) is 18.6 Å². The Balaban J connectivity index is 2.51. The summed E-state index contributed by atoms with van der Waals surface area (Å²) in [5, 5.41) is 10.8. The molecular weight excluding hydrogens is 260 g/mol. The van der Waals surface area contributed by atoms with Crippen molar-refractivity contribution in [2.24, 2.45) is 0 Å². The fraction of sp³-hybridized carbons (Fsp3) is 0.300. The highest BCUT2D eigenvalue weighted by Crippen LogP contribution is 2.29. The van der Waals surface area contributed by atoms with E-state index in [9.17, 15) is 23.3 Å². The summed E-state index contributed by atoms with van der Waals surface area (Å²) < 4.78 is 24.5. The zero-order valence-electron chi connectivity index (χ0n) is 9.27. The predicted octanol–water partition coefficient (Wildman–Crippen LogP) is 0.947. The van der Waals surface area contributed by atoms with Gasteiger partial charge >= 0.3 is 0 Å². The molecular formula is C10H10N2O5S. The molecule has 0 N–H and O–H groups in total. The third-order valence-electron chi connectivity index (χ3n) is 2.72. The van der Waals surface area contributed by atoms with Crippen LogP contribution in [0.5, 0.6) is 0 Å². The van der Waals surface area contributed by atoms with Gasteiger partial charge in [-0.15, -0.1) is 0 Å². The first-order valence-corrected chi connectivity index (χ1v) is 6.80. The average molecular weight is 270 g/mol. The normalized spacial score (nSPS) is 17.7. The number of sulfonamides is 1. The minimum atomic E-state index is -3.38. The molecule has 18 heavy (non-hydrogen) atoms. The van der Waals surface area contributed by atoms with Crippen molar-refractivity contribution in [2.45, 2.75) is 6.42 Å². The van der Waals surface area contributed by atoms with Gasteiger partial charge in [0.1, 0.15) is 0 Å². The lowest BCUT2D eigenvalue weighted by molar-refractivity contribution is -0.385. The quantitative estimate of drug-likeness (QED) is 0.462. The smallest absolute Gasteiger partial charge is 0.281 e. The molecule has 1 saturated heterocycles. The van der Waals surface area contributed by atoms with Crippen molar-refractivity contribution in [2.75, 3.05) is 16.6 Å². The van der Waals surface area contributed by atoms with Gasteiger partial charge in [-0.2, -0.15) is 0 Å². The van der Waals surface area contributed by atoms with Gasteiger partial charge in [-0.3, -0.25) is 19.2 Å². The highest BCUT2D eigenvalue weighted by molar-refractivity contribution is 7.93. The van der Waals surface area contributed by atoms with E-state index in [-0.39, 0.29) is 22.7 Å². The molecule has 1 aromatic rings. The summed E-state index contributed by atoms with van der Waals surface area (Å²) in [5.41, 5.74) is -0.227. The number of carbonyl (C=O) groups is 1. The Bertz CT molecular complexity index is 611. The van der Waals surface area contributed by atoms with Gasteiger partial charge in [-0.25, -0.2) is 8.42 Å². The first kappa shape index (κ1) is 12.5. The molecule has 1 heterocycles. The Kier molecular flexibility index (Phi) is 3.04. The highest BCUT2D eigenvalue weighted by atomic mass is 32.2. The van der Waals surface area contributed by atoms with Gasteiger partial charge in [0.2, 0.25) is 10.0 Å². The number of hydrogen-bond acceptors (Lipinski definition) is 5. The van der Waals surface area contributed by atoms with Crippen LogP contribution in [0.15, 0.2) is 18.2 Å². The van der Waals surface area contributed by atoms with Crippen LogP contribution in [0.3, 0.4) is 0 Å². The van der Waals surface area contributed by atoms with Crippen LogP contribution < -0.4 is 4.31 Å². The zero-order valence-corrected chi connectivity index (χ0v) is 10.1. The summed E-state index contributed by atoms with van der Waals surface area (Å²) in [6.45, 7) is 0.305. The van der Waals surface area contributed by atoms with Crippen LogP contribution in [0, 0.1) is 10.1 Å². The summed E-state index contributed by atoms with van der Waals surface area (Å²) in [5.74, 6) is 0.0379. The summed E-state index contributed by atoms with van der Waals surface area (Å²) in [6, 6.07) is 3.78. The standard InChI is InChI=1S/C10H10N2O5S/c13-7-8-2-3-9(6-10(8)12(14)15)11-4-1-5-18(11,16)17/h2-3,6-7H,1,4-5H2.